The number of aromatic carboxylic acids is 1. The van der Waals surface area contributed by atoms with Crippen LogP contribution in [-0.4, -0.2) is 16.2 Å². The van der Waals surface area contributed by atoms with E-state index in [9.17, 15) is 9.90 Å². The molecule has 0 aliphatic carbocycles. The Morgan fingerprint density at radius 2 is 1.89 bits per heavy atom. The summed E-state index contributed by atoms with van der Waals surface area (Å²) >= 11 is 3.33. The summed E-state index contributed by atoms with van der Waals surface area (Å²) in [7, 11) is 0. The van der Waals surface area contributed by atoms with Gasteiger partial charge in [0.15, 0.2) is 0 Å². The Hall–Kier alpha value is -1.59. The Morgan fingerprint density at radius 3 is 2.44 bits per heavy atom. The first-order valence-electron chi connectivity index (χ1n) is 5.32. The normalized spacial score (nSPS) is 12.3. The fourth-order valence-electron chi connectivity index (χ4n) is 1.59. The second kappa shape index (κ2) is 5.37. The zero-order valence-corrected chi connectivity index (χ0v) is 10.9. The molecule has 0 bridgehead atoms. The number of hydrogen-bond donors (Lipinski definition) is 2. The lowest BCUT2D eigenvalue weighted by Gasteiger charge is -2.07. The summed E-state index contributed by atoms with van der Waals surface area (Å²) in [6.07, 6.45) is -0.473. The van der Waals surface area contributed by atoms with E-state index in [-0.39, 0.29) is 11.5 Å². The van der Waals surface area contributed by atoms with E-state index in [1.807, 2.05) is 24.3 Å². The summed E-state index contributed by atoms with van der Waals surface area (Å²) in [5, 5.41) is 18.7. The average molecular weight is 311 g/mol. The van der Waals surface area contributed by atoms with Crippen molar-refractivity contribution < 1.29 is 19.4 Å². The summed E-state index contributed by atoms with van der Waals surface area (Å²) in [5.74, 6) is -1.05. The largest absolute Gasteiger partial charge is 0.475 e. The molecule has 5 heteroatoms. The number of rotatable bonds is 4. The van der Waals surface area contributed by atoms with Gasteiger partial charge in [-0.15, -0.1) is 0 Å². The maximum atomic E-state index is 10.7. The summed E-state index contributed by atoms with van der Waals surface area (Å²) in [4.78, 5) is 10.7. The lowest BCUT2D eigenvalue weighted by Crippen LogP contribution is -2.00. The van der Waals surface area contributed by atoms with Crippen molar-refractivity contribution in [3.63, 3.8) is 0 Å². The monoisotopic (exact) mass is 310 g/mol. The van der Waals surface area contributed by atoms with Gasteiger partial charge >= 0.3 is 5.97 Å². The quantitative estimate of drug-likeness (QED) is 0.910. The van der Waals surface area contributed by atoms with Crippen LogP contribution in [0.2, 0.25) is 0 Å². The molecule has 0 aliphatic heterocycles. The van der Waals surface area contributed by atoms with Crippen molar-refractivity contribution in [3.8, 4) is 0 Å². The van der Waals surface area contributed by atoms with Gasteiger partial charge in [0, 0.05) is 10.9 Å². The second-order valence-electron chi connectivity index (χ2n) is 3.85. The van der Waals surface area contributed by atoms with E-state index in [4.69, 9.17) is 9.52 Å². The van der Waals surface area contributed by atoms with Crippen LogP contribution in [0.3, 0.4) is 0 Å². The van der Waals surface area contributed by atoms with Gasteiger partial charge < -0.3 is 14.6 Å². The van der Waals surface area contributed by atoms with Gasteiger partial charge in [0.2, 0.25) is 5.76 Å². The van der Waals surface area contributed by atoms with Crippen LogP contribution in [0.5, 0.6) is 0 Å². The van der Waals surface area contributed by atoms with Crippen molar-refractivity contribution in [3.05, 3.63) is 58.0 Å². The fraction of sp³-hybridized carbons (Fsp3) is 0.154. The zero-order chi connectivity index (χ0) is 13.1. The SMILES string of the molecule is O=C(O)c1ccc(C(O)Cc2ccc(Br)cc2)o1. The van der Waals surface area contributed by atoms with Crippen LogP contribution >= 0.6 is 15.9 Å². The van der Waals surface area contributed by atoms with E-state index in [1.54, 1.807) is 0 Å². The average Bonchev–Trinajstić information content (AvgIpc) is 2.81. The maximum absolute atomic E-state index is 10.7. The van der Waals surface area contributed by atoms with Crippen LogP contribution < -0.4 is 0 Å². The van der Waals surface area contributed by atoms with Crippen molar-refractivity contribution in [2.24, 2.45) is 0 Å². The van der Waals surface area contributed by atoms with E-state index in [1.165, 1.54) is 12.1 Å². The Bertz CT molecular complexity index is 544. The first-order valence-corrected chi connectivity index (χ1v) is 6.11. The van der Waals surface area contributed by atoms with Crippen LogP contribution in [0.4, 0.5) is 0 Å². The molecule has 1 aromatic carbocycles. The van der Waals surface area contributed by atoms with Crippen molar-refractivity contribution in [2.75, 3.05) is 0 Å². The molecule has 2 aromatic rings. The fourth-order valence-corrected chi connectivity index (χ4v) is 1.86. The van der Waals surface area contributed by atoms with E-state index in [2.05, 4.69) is 15.9 Å². The molecule has 0 saturated carbocycles. The van der Waals surface area contributed by atoms with Crippen molar-refractivity contribution >= 4 is 21.9 Å². The van der Waals surface area contributed by atoms with E-state index >= 15 is 0 Å². The predicted octanol–water partition coefficient (Wildman–Crippen LogP) is 3.02. The minimum absolute atomic E-state index is 0.167. The molecule has 0 spiro atoms. The van der Waals surface area contributed by atoms with Gasteiger partial charge in [-0.2, -0.15) is 0 Å². The van der Waals surface area contributed by atoms with Gasteiger partial charge in [0.05, 0.1) is 0 Å². The van der Waals surface area contributed by atoms with E-state index < -0.39 is 12.1 Å². The molecule has 0 saturated heterocycles. The molecule has 1 unspecified atom stereocenters. The number of benzene rings is 1. The van der Waals surface area contributed by atoms with Crippen molar-refractivity contribution in [2.45, 2.75) is 12.5 Å². The predicted molar refractivity (Wildman–Crippen MR) is 68.5 cm³/mol. The third-order valence-electron chi connectivity index (χ3n) is 2.51. The first kappa shape index (κ1) is 12.9. The molecule has 1 aromatic heterocycles. The number of carbonyl (C=O) groups is 1. The molecular formula is C13H11BrO4. The lowest BCUT2D eigenvalue weighted by atomic mass is 10.1. The molecule has 2 rings (SSSR count). The molecule has 1 atom stereocenters. The third-order valence-corrected chi connectivity index (χ3v) is 3.04. The first-order chi connectivity index (χ1) is 8.56. The summed E-state index contributed by atoms with van der Waals surface area (Å²) in [6.45, 7) is 0. The van der Waals surface area contributed by atoms with Crippen LogP contribution in [0, 0.1) is 0 Å². The molecule has 0 aliphatic rings. The minimum Gasteiger partial charge on any atom is -0.475 e. The molecule has 0 amide bonds. The molecule has 2 N–H and O–H groups in total. The van der Waals surface area contributed by atoms with Crippen molar-refractivity contribution in [1.29, 1.82) is 0 Å². The van der Waals surface area contributed by atoms with Crippen LogP contribution in [-0.2, 0) is 6.42 Å². The highest BCUT2D eigenvalue weighted by atomic mass is 79.9. The highest BCUT2D eigenvalue weighted by molar-refractivity contribution is 9.10. The maximum Gasteiger partial charge on any atom is 0.371 e. The summed E-state index contributed by atoms with van der Waals surface area (Å²) < 4.78 is 6.01. The van der Waals surface area contributed by atoms with Crippen LogP contribution in [0.1, 0.15) is 28.0 Å². The molecule has 94 valence electrons. The summed E-state index contributed by atoms with van der Waals surface area (Å²) in [5.41, 5.74) is 0.943. The Balaban J connectivity index is 2.09. The van der Waals surface area contributed by atoms with Gasteiger partial charge in [0.25, 0.3) is 0 Å². The van der Waals surface area contributed by atoms with E-state index in [0.717, 1.165) is 10.0 Å². The highest BCUT2D eigenvalue weighted by Gasteiger charge is 2.15. The second-order valence-corrected chi connectivity index (χ2v) is 4.77. The molecule has 18 heavy (non-hydrogen) atoms. The standard InChI is InChI=1S/C13H11BrO4/c14-9-3-1-8(2-4-9)7-10(15)11-5-6-12(18-11)13(16)17/h1-6,10,15H,7H2,(H,16,17). The number of halogens is 1. The Morgan fingerprint density at radius 1 is 1.22 bits per heavy atom. The number of furan rings is 1. The molecular weight excluding hydrogens is 300 g/mol. The van der Waals surface area contributed by atoms with Crippen molar-refractivity contribution in [1.82, 2.24) is 0 Å². The van der Waals surface area contributed by atoms with Gasteiger partial charge in [-0.05, 0) is 29.8 Å². The Labute approximate surface area is 112 Å². The summed E-state index contributed by atoms with van der Waals surface area (Å²) in [6, 6.07) is 10.3. The minimum atomic E-state index is -1.14. The number of carboxylic acid groups (broad SMARTS) is 1. The van der Waals surface area contributed by atoms with Gasteiger partial charge in [-0.3, -0.25) is 0 Å². The van der Waals surface area contributed by atoms with Crippen LogP contribution in [0.15, 0.2) is 45.3 Å². The zero-order valence-electron chi connectivity index (χ0n) is 9.34. The van der Waals surface area contributed by atoms with Gasteiger partial charge in [-0.1, -0.05) is 28.1 Å². The lowest BCUT2D eigenvalue weighted by molar-refractivity contribution is 0.0651. The topological polar surface area (TPSA) is 70.7 Å². The third kappa shape index (κ3) is 3.00. The number of hydrogen-bond acceptors (Lipinski definition) is 3. The van der Waals surface area contributed by atoms with E-state index in [0.29, 0.717) is 6.42 Å². The molecule has 0 radical (unpaired) electrons. The molecule has 0 fully saturated rings. The highest BCUT2D eigenvalue weighted by Crippen LogP contribution is 2.21. The number of aliphatic hydroxyl groups excluding tert-OH is 1. The molecule has 4 nitrogen and oxygen atoms in total. The number of aliphatic hydroxyl groups is 1. The van der Waals surface area contributed by atoms with Gasteiger partial charge in [-0.25, -0.2) is 4.79 Å². The molecule has 1 heterocycles. The van der Waals surface area contributed by atoms with Gasteiger partial charge in [0.1, 0.15) is 11.9 Å². The number of carboxylic acids is 1. The van der Waals surface area contributed by atoms with Crippen LogP contribution in [0.25, 0.3) is 0 Å². The Kier molecular flexibility index (Phi) is 3.84. The smallest absolute Gasteiger partial charge is 0.371 e.